The summed E-state index contributed by atoms with van der Waals surface area (Å²) < 4.78 is 0. The van der Waals surface area contributed by atoms with E-state index in [1.54, 1.807) is 0 Å². The van der Waals surface area contributed by atoms with Gasteiger partial charge in [-0.25, -0.2) is 0 Å². The molecule has 2 saturated carbocycles. The van der Waals surface area contributed by atoms with Crippen LogP contribution < -0.4 is 0 Å². The van der Waals surface area contributed by atoms with Gasteiger partial charge in [-0.05, 0) is 50.4 Å². The highest BCUT2D eigenvalue weighted by atomic mass is 16.4. The summed E-state index contributed by atoms with van der Waals surface area (Å²) in [5.41, 5.74) is 0. The van der Waals surface area contributed by atoms with Crippen LogP contribution in [-0.4, -0.2) is 22.2 Å². The molecule has 2 fully saturated rings. The van der Waals surface area contributed by atoms with Crippen molar-refractivity contribution < 1.29 is 19.8 Å². The predicted molar refractivity (Wildman–Crippen MR) is 103 cm³/mol. The zero-order chi connectivity index (χ0) is 18.8. The lowest BCUT2D eigenvalue weighted by Gasteiger charge is -2.24. The van der Waals surface area contributed by atoms with Gasteiger partial charge < -0.3 is 10.2 Å². The summed E-state index contributed by atoms with van der Waals surface area (Å²) in [5, 5.41) is 19.1. The lowest BCUT2D eigenvalue weighted by Crippen LogP contribution is -2.21. The Morgan fingerprint density at radius 3 is 1.27 bits per heavy atom. The Labute approximate surface area is 158 Å². The van der Waals surface area contributed by atoms with Gasteiger partial charge in [0.05, 0.1) is 11.8 Å². The van der Waals surface area contributed by atoms with Crippen LogP contribution in [0.1, 0.15) is 103 Å². The smallest absolute Gasteiger partial charge is 0.306 e. The van der Waals surface area contributed by atoms with Crippen molar-refractivity contribution in [3.05, 3.63) is 0 Å². The molecule has 0 bridgehead atoms. The van der Waals surface area contributed by atoms with Crippen molar-refractivity contribution >= 4 is 11.9 Å². The molecule has 150 valence electrons. The summed E-state index contributed by atoms with van der Waals surface area (Å²) >= 11 is 0. The highest BCUT2D eigenvalue weighted by Crippen LogP contribution is 2.32. The molecule has 0 radical (unpaired) electrons. The molecule has 2 aliphatic carbocycles. The van der Waals surface area contributed by atoms with Crippen molar-refractivity contribution in [1.82, 2.24) is 0 Å². The number of carboxylic acids is 2. The second-order valence-electron chi connectivity index (χ2n) is 8.81. The zero-order valence-electron chi connectivity index (χ0n) is 16.3. The average molecular weight is 367 g/mol. The van der Waals surface area contributed by atoms with Crippen molar-refractivity contribution in [3.63, 3.8) is 0 Å². The van der Waals surface area contributed by atoms with E-state index in [0.29, 0.717) is 24.7 Å². The standard InChI is InChI=1S/C22H38O4/c23-21(24)19(13-11-17-7-3-1-4-8-17)15-16-20(22(25)26)14-12-18-9-5-2-6-10-18/h17-20H,1-16H2,(H,23,24)(H,25,26). The lowest BCUT2D eigenvalue weighted by atomic mass is 9.81. The molecule has 0 spiro atoms. The van der Waals surface area contributed by atoms with Crippen LogP contribution in [0.5, 0.6) is 0 Å². The molecule has 0 aliphatic heterocycles. The highest BCUT2D eigenvalue weighted by molar-refractivity contribution is 5.71. The summed E-state index contributed by atoms with van der Waals surface area (Å²) in [6.07, 6.45) is 17.2. The first-order valence-electron chi connectivity index (χ1n) is 11.0. The summed E-state index contributed by atoms with van der Waals surface area (Å²) in [6, 6.07) is 0. The number of rotatable bonds is 11. The van der Waals surface area contributed by atoms with Gasteiger partial charge in [-0.1, -0.05) is 64.2 Å². The molecule has 2 aliphatic rings. The number of aliphatic carboxylic acids is 2. The topological polar surface area (TPSA) is 74.6 Å². The minimum atomic E-state index is -0.739. The SMILES string of the molecule is O=C(O)C(CCC1CCCCC1)CCC(CCC1CCCCC1)C(=O)O. The van der Waals surface area contributed by atoms with Crippen LogP contribution in [0.25, 0.3) is 0 Å². The van der Waals surface area contributed by atoms with E-state index in [1.807, 2.05) is 0 Å². The Morgan fingerprint density at radius 2 is 0.962 bits per heavy atom. The van der Waals surface area contributed by atoms with Gasteiger partial charge in [0.2, 0.25) is 0 Å². The molecule has 0 aromatic heterocycles. The van der Waals surface area contributed by atoms with Crippen molar-refractivity contribution in [3.8, 4) is 0 Å². The van der Waals surface area contributed by atoms with E-state index in [-0.39, 0.29) is 11.8 Å². The molecular formula is C22H38O4. The predicted octanol–water partition coefficient (Wildman–Crippen LogP) is 5.89. The Hall–Kier alpha value is -1.06. The minimum Gasteiger partial charge on any atom is -0.481 e. The number of carboxylic acid groups (broad SMARTS) is 2. The Morgan fingerprint density at radius 1 is 0.615 bits per heavy atom. The van der Waals surface area contributed by atoms with Crippen LogP contribution in [0.15, 0.2) is 0 Å². The molecular weight excluding hydrogens is 328 g/mol. The summed E-state index contributed by atoms with van der Waals surface area (Å²) in [4.78, 5) is 23.2. The molecule has 0 saturated heterocycles. The van der Waals surface area contributed by atoms with Crippen LogP contribution in [-0.2, 0) is 9.59 Å². The number of hydrogen-bond acceptors (Lipinski definition) is 2. The summed E-state index contributed by atoms with van der Waals surface area (Å²) in [6.45, 7) is 0. The summed E-state index contributed by atoms with van der Waals surface area (Å²) in [7, 11) is 0. The van der Waals surface area contributed by atoms with Gasteiger partial charge in [0.15, 0.2) is 0 Å². The van der Waals surface area contributed by atoms with E-state index < -0.39 is 11.9 Å². The largest absolute Gasteiger partial charge is 0.481 e. The average Bonchev–Trinajstić information content (AvgIpc) is 2.65. The Kier molecular flexibility index (Phi) is 9.49. The van der Waals surface area contributed by atoms with E-state index in [9.17, 15) is 19.8 Å². The molecule has 0 aromatic rings. The van der Waals surface area contributed by atoms with Gasteiger partial charge in [-0.2, -0.15) is 0 Å². The molecule has 4 nitrogen and oxygen atoms in total. The van der Waals surface area contributed by atoms with E-state index in [2.05, 4.69) is 0 Å². The normalized spacial score (nSPS) is 22.0. The van der Waals surface area contributed by atoms with Gasteiger partial charge in [0.25, 0.3) is 0 Å². The van der Waals surface area contributed by atoms with Crippen LogP contribution in [0, 0.1) is 23.7 Å². The van der Waals surface area contributed by atoms with Gasteiger partial charge in [-0.15, -0.1) is 0 Å². The van der Waals surface area contributed by atoms with E-state index in [0.717, 1.165) is 25.7 Å². The Balaban J connectivity index is 1.73. The molecule has 0 heterocycles. The molecule has 4 heteroatoms. The Bertz CT molecular complexity index is 382. The quantitative estimate of drug-likeness (QED) is 0.478. The minimum absolute atomic E-state index is 0.367. The molecule has 26 heavy (non-hydrogen) atoms. The highest BCUT2D eigenvalue weighted by Gasteiger charge is 2.25. The fourth-order valence-corrected chi connectivity index (χ4v) is 5.01. The second kappa shape index (κ2) is 11.6. The maximum atomic E-state index is 11.6. The number of hydrogen-bond donors (Lipinski definition) is 2. The first-order chi connectivity index (χ1) is 12.6. The van der Waals surface area contributed by atoms with Crippen molar-refractivity contribution in [2.24, 2.45) is 23.7 Å². The maximum absolute atomic E-state index is 11.6. The molecule has 2 atom stereocenters. The van der Waals surface area contributed by atoms with Crippen LogP contribution in [0.3, 0.4) is 0 Å². The van der Waals surface area contributed by atoms with Gasteiger partial charge in [0, 0.05) is 0 Å². The van der Waals surface area contributed by atoms with E-state index >= 15 is 0 Å². The van der Waals surface area contributed by atoms with Crippen LogP contribution in [0.4, 0.5) is 0 Å². The van der Waals surface area contributed by atoms with Crippen LogP contribution >= 0.6 is 0 Å². The second-order valence-corrected chi connectivity index (χ2v) is 8.81. The first-order valence-corrected chi connectivity index (χ1v) is 11.0. The van der Waals surface area contributed by atoms with Gasteiger partial charge in [0.1, 0.15) is 0 Å². The van der Waals surface area contributed by atoms with Crippen molar-refractivity contribution in [2.75, 3.05) is 0 Å². The molecule has 0 amide bonds. The molecule has 0 aromatic carbocycles. The van der Waals surface area contributed by atoms with Gasteiger partial charge in [-0.3, -0.25) is 9.59 Å². The third-order valence-electron chi connectivity index (χ3n) is 6.86. The van der Waals surface area contributed by atoms with Crippen molar-refractivity contribution in [2.45, 2.75) is 103 Å². The number of carbonyl (C=O) groups is 2. The monoisotopic (exact) mass is 366 g/mol. The van der Waals surface area contributed by atoms with E-state index in [4.69, 9.17) is 0 Å². The molecule has 2 rings (SSSR count). The van der Waals surface area contributed by atoms with Gasteiger partial charge >= 0.3 is 11.9 Å². The van der Waals surface area contributed by atoms with E-state index in [1.165, 1.54) is 64.2 Å². The molecule has 2 N–H and O–H groups in total. The third-order valence-corrected chi connectivity index (χ3v) is 6.86. The lowest BCUT2D eigenvalue weighted by molar-refractivity contribution is -0.145. The fourth-order valence-electron chi connectivity index (χ4n) is 5.01. The summed E-state index contributed by atoms with van der Waals surface area (Å²) in [5.74, 6) is -0.837. The molecule has 2 unspecified atom stereocenters. The fraction of sp³-hybridized carbons (Fsp3) is 0.909. The first kappa shape index (κ1) is 21.2. The van der Waals surface area contributed by atoms with Crippen molar-refractivity contribution in [1.29, 1.82) is 0 Å². The van der Waals surface area contributed by atoms with Crippen LogP contribution in [0.2, 0.25) is 0 Å². The maximum Gasteiger partial charge on any atom is 0.306 e. The zero-order valence-corrected chi connectivity index (χ0v) is 16.3. The third kappa shape index (κ3) is 7.67.